The van der Waals surface area contributed by atoms with E-state index in [9.17, 15) is 13.2 Å². The van der Waals surface area contributed by atoms with Crippen molar-refractivity contribution in [3.05, 3.63) is 12.2 Å². The molecule has 0 radical (unpaired) electrons. The minimum absolute atomic E-state index is 0.222. The molecule has 0 amide bonds. The van der Waals surface area contributed by atoms with E-state index in [2.05, 4.69) is 0 Å². The van der Waals surface area contributed by atoms with Gasteiger partial charge in [0.1, 0.15) is 0 Å². The summed E-state index contributed by atoms with van der Waals surface area (Å²) in [5.41, 5.74) is 0. The zero-order chi connectivity index (χ0) is 11.0. The molecule has 3 heteroatoms. The van der Waals surface area contributed by atoms with Crippen molar-refractivity contribution in [1.29, 1.82) is 0 Å². The van der Waals surface area contributed by atoms with E-state index in [1.54, 1.807) is 6.08 Å². The minimum atomic E-state index is -4.07. The summed E-state index contributed by atoms with van der Waals surface area (Å²) in [7, 11) is 0. The molecule has 0 aliphatic rings. The van der Waals surface area contributed by atoms with E-state index in [4.69, 9.17) is 0 Å². The van der Waals surface area contributed by atoms with E-state index in [1.165, 1.54) is 6.08 Å². The maximum Gasteiger partial charge on any atom is 0.395 e. The Bertz CT molecular complexity index is 158. The average Bonchev–Trinajstić information content (AvgIpc) is 2.09. The zero-order valence-electron chi connectivity index (χ0n) is 8.90. The molecular formula is C11H19F3. The fourth-order valence-corrected chi connectivity index (χ4v) is 1.22. The number of hydrogen-bond donors (Lipinski definition) is 0. The molecular weight excluding hydrogens is 189 g/mol. The second-order valence-electron chi connectivity index (χ2n) is 3.51. The molecule has 0 aliphatic carbocycles. The summed E-state index contributed by atoms with van der Waals surface area (Å²) >= 11 is 0. The molecule has 0 aromatic carbocycles. The van der Waals surface area contributed by atoms with Crippen LogP contribution in [0.15, 0.2) is 12.2 Å². The first-order chi connectivity index (χ1) is 6.52. The Hall–Kier alpha value is -0.470. The lowest BCUT2D eigenvalue weighted by Crippen LogP contribution is -2.20. The zero-order valence-corrected chi connectivity index (χ0v) is 8.90. The first kappa shape index (κ1) is 13.5. The molecule has 0 saturated heterocycles. The van der Waals surface area contributed by atoms with Gasteiger partial charge in [0.05, 0.1) is 5.92 Å². The fraction of sp³-hybridized carbons (Fsp3) is 0.818. The first-order valence-electron chi connectivity index (χ1n) is 5.25. The van der Waals surface area contributed by atoms with E-state index in [-0.39, 0.29) is 6.42 Å². The van der Waals surface area contributed by atoms with Crippen molar-refractivity contribution in [1.82, 2.24) is 0 Å². The van der Waals surface area contributed by atoms with Gasteiger partial charge in [0.25, 0.3) is 0 Å². The van der Waals surface area contributed by atoms with Gasteiger partial charge in [-0.05, 0) is 12.8 Å². The smallest absolute Gasteiger partial charge is 0.170 e. The number of allylic oxidation sites excluding steroid dienone is 2. The predicted octanol–water partition coefficient (Wildman–Crippen LogP) is 4.71. The summed E-state index contributed by atoms with van der Waals surface area (Å²) in [6.45, 7) is 3.86. The van der Waals surface area contributed by atoms with E-state index >= 15 is 0 Å². The standard InChI is InChI=1S/C11H19F3/c1-3-5-7-9-10(8-6-4-2)11(12,13)14/h7,9-10H,3-6,8H2,1-2H3/b9-7+. The van der Waals surface area contributed by atoms with Crippen molar-refractivity contribution in [2.45, 2.75) is 52.1 Å². The van der Waals surface area contributed by atoms with Crippen molar-refractivity contribution >= 4 is 0 Å². The van der Waals surface area contributed by atoms with Gasteiger partial charge in [-0.2, -0.15) is 13.2 Å². The first-order valence-corrected chi connectivity index (χ1v) is 5.25. The van der Waals surface area contributed by atoms with Gasteiger partial charge in [0.15, 0.2) is 0 Å². The third kappa shape index (κ3) is 6.06. The highest BCUT2D eigenvalue weighted by Crippen LogP contribution is 2.31. The van der Waals surface area contributed by atoms with Gasteiger partial charge in [0.2, 0.25) is 0 Å². The Morgan fingerprint density at radius 1 is 1.14 bits per heavy atom. The Labute approximate surface area is 84.2 Å². The van der Waals surface area contributed by atoms with Crippen LogP contribution in [0.4, 0.5) is 13.2 Å². The molecule has 0 bridgehead atoms. The van der Waals surface area contributed by atoms with Gasteiger partial charge in [0, 0.05) is 0 Å². The molecule has 1 atom stereocenters. The molecule has 0 spiro atoms. The van der Waals surface area contributed by atoms with E-state index < -0.39 is 12.1 Å². The number of unbranched alkanes of at least 4 members (excludes halogenated alkanes) is 2. The molecule has 0 N–H and O–H groups in total. The molecule has 0 rings (SSSR count). The summed E-state index contributed by atoms with van der Waals surface area (Å²) < 4.78 is 37.3. The highest BCUT2D eigenvalue weighted by atomic mass is 19.4. The SMILES string of the molecule is CCC/C=C/C(CCCC)C(F)(F)F. The number of alkyl halides is 3. The quantitative estimate of drug-likeness (QED) is 0.554. The molecule has 0 aliphatic heterocycles. The van der Waals surface area contributed by atoms with Crippen LogP contribution in [0, 0.1) is 5.92 Å². The van der Waals surface area contributed by atoms with Gasteiger partial charge in [-0.1, -0.05) is 45.3 Å². The lowest BCUT2D eigenvalue weighted by molar-refractivity contribution is -0.162. The molecule has 0 heterocycles. The topological polar surface area (TPSA) is 0 Å². The fourth-order valence-electron chi connectivity index (χ4n) is 1.22. The molecule has 0 saturated carbocycles. The van der Waals surface area contributed by atoms with Crippen LogP contribution in [0.2, 0.25) is 0 Å². The molecule has 0 nitrogen and oxygen atoms in total. The second-order valence-corrected chi connectivity index (χ2v) is 3.51. The van der Waals surface area contributed by atoms with Crippen LogP contribution in [-0.2, 0) is 0 Å². The van der Waals surface area contributed by atoms with Crippen LogP contribution in [0.25, 0.3) is 0 Å². The van der Waals surface area contributed by atoms with Crippen LogP contribution >= 0.6 is 0 Å². The van der Waals surface area contributed by atoms with Gasteiger partial charge >= 0.3 is 6.18 Å². The molecule has 0 aromatic heterocycles. The van der Waals surface area contributed by atoms with Crippen molar-refractivity contribution in [3.8, 4) is 0 Å². The summed E-state index contributed by atoms with van der Waals surface area (Å²) in [6.07, 6.45) is 2.20. The third-order valence-corrected chi connectivity index (χ3v) is 2.11. The van der Waals surface area contributed by atoms with E-state index in [0.29, 0.717) is 6.42 Å². The average molecular weight is 208 g/mol. The highest BCUT2D eigenvalue weighted by molar-refractivity contribution is 4.91. The largest absolute Gasteiger partial charge is 0.395 e. The van der Waals surface area contributed by atoms with E-state index in [0.717, 1.165) is 19.3 Å². The maximum absolute atomic E-state index is 12.4. The Kier molecular flexibility index (Phi) is 6.67. The molecule has 14 heavy (non-hydrogen) atoms. The Balaban J connectivity index is 4.11. The highest BCUT2D eigenvalue weighted by Gasteiger charge is 2.36. The molecule has 1 unspecified atom stereocenters. The van der Waals surface area contributed by atoms with Crippen molar-refractivity contribution in [2.24, 2.45) is 5.92 Å². The van der Waals surface area contributed by atoms with E-state index in [1.807, 2.05) is 13.8 Å². The number of hydrogen-bond acceptors (Lipinski definition) is 0. The van der Waals surface area contributed by atoms with Gasteiger partial charge in [-0.3, -0.25) is 0 Å². The van der Waals surface area contributed by atoms with Gasteiger partial charge in [-0.15, -0.1) is 0 Å². The van der Waals surface area contributed by atoms with Crippen molar-refractivity contribution in [3.63, 3.8) is 0 Å². The van der Waals surface area contributed by atoms with Crippen LogP contribution in [0.5, 0.6) is 0 Å². The number of rotatable bonds is 6. The summed E-state index contributed by atoms with van der Waals surface area (Å²) in [5.74, 6) is -1.24. The monoisotopic (exact) mass is 208 g/mol. The van der Waals surface area contributed by atoms with Crippen molar-refractivity contribution in [2.75, 3.05) is 0 Å². The van der Waals surface area contributed by atoms with Gasteiger partial charge < -0.3 is 0 Å². The predicted molar refractivity (Wildman–Crippen MR) is 53.1 cm³/mol. The van der Waals surface area contributed by atoms with Crippen LogP contribution < -0.4 is 0 Å². The Morgan fingerprint density at radius 3 is 2.21 bits per heavy atom. The third-order valence-electron chi connectivity index (χ3n) is 2.11. The van der Waals surface area contributed by atoms with Crippen LogP contribution in [0.3, 0.4) is 0 Å². The summed E-state index contributed by atoms with van der Waals surface area (Å²) in [6, 6.07) is 0. The maximum atomic E-state index is 12.4. The Morgan fingerprint density at radius 2 is 1.79 bits per heavy atom. The van der Waals surface area contributed by atoms with Gasteiger partial charge in [-0.25, -0.2) is 0 Å². The summed E-state index contributed by atoms with van der Waals surface area (Å²) in [4.78, 5) is 0. The second kappa shape index (κ2) is 6.91. The lowest BCUT2D eigenvalue weighted by atomic mass is 10.0. The van der Waals surface area contributed by atoms with Crippen molar-refractivity contribution < 1.29 is 13.2 Å². The number of halogens is 3. The minimum Gasteiger partial charge on any atom is -0.170 e. The summed E-state index contributed by atoms with van der Waals surface area (Å²) in [5, 5.41) is 0. The molecule has 84 valence electrons. The van der Waals surface area contributed by atoms with Crippen LogP contribution in [0.1, 0.15) is 46.0 Å². The van der Waals surface area contributed by atoms with Crippen LogP contribution in [-0.4, -0.2) is 6.18 Å². The normalized spacial score (nSPS) is 14.9. The molecule has 0 fully saturated rings. The molecule has 0 aromatic rings. The lowest BCUT2D eigenvalue weighted by Gasteiger charge is -2.16.